The normalized spacial score (nSPS) is 15.6. The first-order chi connectivity index (χ1) is 12.5. The van der Waals surface area contributed by atoms with Crippen molar-refractivity contribution in [3.63, 3.8) is 0 Å². The molecule has 4 rings (SSSR count). The Hall–Kier alpha value is -3.48. The predicted octanol–water partition coefficient (Wildman–Crippen LogP) is 2.66. The molecule has 130 valence electrons. The minimum Gasteiger partial charge on any atom is -0.452 e. The number of carbonyl (C=O) groups excluding carboxylic acids is 3. The molecular weight excluding hydrogens is 334 g/mol. The molecule has 1 atom stereocenters. The zero-order chi connectivity index (χ0) is 18.3. The van der Waals surface area contributed by atoms with Crippen LogP contribution in [-0.2, 0) is 9.53 Å². The van der Waals surface area contributed by atoms with Crippen LogP contribution in [0.3, 0.4) is 0 Å². The number of ether oxygens (including phenoxy) is 1. The number of hydrogen-bond donors (Lipinski definition) is 2. The maximum atomic E-state index is 12.4. The minimum atomic E-state index is -0.665. The first-order valence-corrected chi connectivity index (χ1v) is 8.13. The lowest BCUT2D eigenvalue weighted by atomic mass is 9.99. The van der Waals surface area contributed by atoms with E-state index in [9.17, 15) is 14.4 Å². The van der Waals surface area contributed by atoms with Crippen molar-refractivity contribution in [1.29, 1.82) is 0 Å². The number of Topliss-reactive ketones (excluding diaryl/α,β-unsaturated/α-hetero) is 1. The summed E-state index contributed by atoms with van der Waals surface area (Å²) in [5, 5.41) is 10.1. The second-order valence-corrected chi connectivity index (χ2v) is 6.13. The van der Waals surface area contributed by atoms with E-state index in [0.29, 0.717) is 16.6 Å². The van der Waals surface area contributed by atoms with Crippen LogP contribution in [0.4, 0.5) is 5.69 Å². The van der Waals surface area contributed by atoms with Gasteiger partial charge in [0.2, 0.25) is 5.91 Å². The molecule has 0 bridgehead atoms. The molecule has 7 heteroatoms. The van der Waals surface area contributed by atoms with E-state index in [-0.39, 0.29) is 23.3 Å². The van der Waals surface area contributed by atoms with Gasteiger partial charge in [0.1, 0.15) is 0 Å². The number of anilines is 1. The Bertz CT molecular complexity index is 1050. The van der Waals surface area contributed by atoms with Crippen molar-refractivity contribution in [2.75, 3.05) is 11.9 Å². The summed E-state index contributed by atoms with van der Waals surface area (Å²) < 4.78 is 5.12. The van der Waals surface area contributed by atoms with E-state index >= 15 is 0 Å². The van der Waals surface area contributed by atoms with Crippen LogP contribution < -0.4 is 5.32 Å². The summed E-state index contributed by atoms with van der Waals surface area (Å²) in [6.45, 7) is 1.38. The molecule has 2 aromatic carbocycles. The fourth-order valence-electron chi connectivity index (χ4n) is 2.99. The molecule has 0 spiro atoms. The number of H-pyrrole nitrogens is 1. The summed E-state index contributed by atoms with van der Waals surface area (Å²) >= 11 is 0. The number of benzene rings is 2. The SMILES string of the molecule is C[C@H]1C(=O)Nc2ccc(C(=O)COC(=O)c3n[nH]c4ccccc34)cc21. The monoisotopic (exact) mass is 349 g/mol. The number of hydrogen-bond acceptors (Lipinski definition) is 5. The number of aromatic nitrogens is 2. The molecule has 0 unspecified atom stereocenters. The highest BCUT2D eigenvalue weighted by Gasteiger charge is 2.27. The number of ketones is 1. The number of nitrogens with one attached hydrogen (secondary N) is 2. The molecule has 1 aliphatic heterocycles. The van der Waals surface area contributed by atoms with Gasteiger partial charge in [0, 0.05) is 16.6 Å². The zero-order valence-corrected chi connectivity index (χ0v) is 13.9. The van der Waals surface area contributed by atoms with E-state index in [1.165, 1.54) is 0 Å². The molecular formula is C19H15N3O4. The summed E-state index contributed by atoms with van der Waals surface area (Å²) in [7, 11) is 0. The number of nitrogens with zero attached hydrogens (tertiary/aromatic N) is 1. The molecule has 1 amide bonds. The first kappa shape index (κ1) is 16.0. The van der Waals surface area contributed by atoms with Gasteiger partial charge in [-0.1, -0.05) is 18.2 Å². The summed E-state index contributed by atoms with van der Waals surface area (Å²) in [5.74, 6) is -1.41. The van der Waals surface area contributed by atoms with Crippen LogP contribution in [0.5, 0.6) is 0 Å². The molecule has 2 N–H and O–H groups in total. The third kappa shape index (κ3) is 2.63. The Kier molecular flexibility index (Phi) is 3.76. The molecule has 0 fully saturated rings. The van der Waals surface area contributed by atoms with E-state index in [4.69, 9.17) is 4.74 Å². The Morgan fingerprint density at radius 2 is 2.00 bits per heavy atom. The molecule has 1 aromatic heterocycles. The van der Waals surface area contributed by atoms with Crippen LogP contribution in [0, 0.1) is 0 Å². The summed E-state index contributed by atoms with van der Waals surface area (Å²) in [6.07, 6.45) is 0. The highest BCUT2D eigenvalue weighted by atomic mass is 16.5. The lowest BCUT2D eigenvalue weighted by Gasteiger charge is -2.06. The number of esters is 1. The van der Waals surface area contributed by atoms with Gasteiger partial charge in [-0.2, -0.15) is 5.10 Å². The van der Waals surface area contributed by atoms with Crippen molar-refractivity contribution in [3.8, 4) is 0 Å². The molecule has 0 saturated heterocycles. The van der Waals surface area contributed by atoms with Gasteiger partial charge in [-0.15, -0.1) is 0 Å². The number of para-hydroxylation sites is 1. The van der Waals surface area contributed by atoms with Crippen molar-refractivity contribution >= 4 is 34.3 Å². The van der Waals surface area contributed by atoms with E-state index in [1.54, 1.807) is 43.3 Å². The summed E-state index contributed by atoms with van der Waals surface area (Å²) in [5.41, 5.74) is 2.73. The van der Waals surface area contributed by atoms with Crippen LogP contribution in [-0.4, -0.2) is 34.5 Å². The topological polar surface area (TPSA) is 101 Å². The summed E-state index contributed by atoms with van der Waals surface area (Å²) in [6, 6.07) is 12.1. The largest absolute Gasteiger partial charge is 0.452 e. The van der Waals surface area contributed by atoms with Gasteiger partial charge < -0.3 is 10.1 Å². The average molecular weight is 349 g/mol. The average Bonchev–Trinajstić information content (AvgIpc) is 3.21. The molecule has 3 aromatic rings. The van der Waals surface area contributed by atoms with Gasteiger partial charge >= 0.3 is 5.97 Å². The Morgan fingerprint density at radius 3 is 2.85 bits per heavy atom. The molecule has 26 heavy (non-hydrogen) atoms. The van der Waals surface area contributed by atoms with Crippen molar-refractivity contribution in [3.05, 3.63) is 59.3 Å². The number of rotatable bonds is 4. The van der Waals surface area contributed by atoms with Crippen LogP contribution in [0.25, 0.3) is 10.9 Å². The molecule has 0 radical (unpaired) electrons. The molecule has 7 nitrogen and oxygen atoms in total. The molecule has 0 saturated carbocycles. The van der Waals surface area contributed by atoms with Gasteiger partial charge in [0.15, 0.2) is 18.1 Å². The number of carbonyl (C=O) groups is 3. The summed E-state index contributed by atoms with van der Waals surface area (Å²) in [4.78, 5) is 36.3. The quantitative estimate of drug-likeness (QED) is 0.557. The standard InChI is InChI=1S/C19H15N3O4/c1-10-13-8-11(6-7-14(13)20-18(10)24)16(23)9-26-19(25)17-12-4-2-3-5-15(12)21-22-17/h2-8,10H,9H2,1H3,(H,20,24)(H,21,22)/t10-/m1/s1. The van der Waals surface area contributed by atoms with Crippen molar-refractivity contribution in [2.24, 2.45) is 0 Å². The first-order valence-electron chi connectivity index (χ1n) is 8.13. The Labute approximate surface area is 148 Å². The fourth-order valence-corrected chi connectivity index (χ4v) is 2.99. The third-order valence-corrected chi connectivity index (χ3v) is 4.49. The van der Waals surface area contributed by atoms with E-state index in [2.05, 4.69) is 15.5 Å². The van der Waals surface area contributed by atoms with E-state index in [1.807, 2.05) is 6.07 Å². The lowest BCUT2D eigenvalue weighted by Crippen LogP contribution is -2.15. The van der Waals surface area contributed by atoms with E-state index < -0.39 is 12.6 Å². The Balaban J connectivity index is 1.48. The zero-order valence-electron chi connectivity index (χ0n) is 13.9. The molecule has 2 heterocycles. The number of fused-ring (bicyclic) bond motifs is 2. The number of aromatic amines is 1. The van der Waals surface area contributed by atoms with Gasteiger partial charge in [-0.05, 0) is 36.8 Å². The lowest BCUT2D eigenvalue weighted by molar-refractivity contribution is -0.116. The van der Waals surface area contributed by atoms with Crippen molar-refractivity contribution < 1.29 is 19.1 Å². The van der Waals surface area contributed by atoms with Crippen LogP contribution >= 0.6 is 0 Å². The van der Waals surface area contributed by atoms with Gasteiger partial charge in [0.25, 0.3) is 0 Å². The van der Waals surface area contributed by atoms with E-state index in [0.717, 1.165) is 11.1 Å². The maximum absolute atomic E-state index is 12.4. The molecule has 1 aliphatic rings. The Morgan fingerprint density at radius 1 is 1.19 bits per heavy atom. The van der Waals surface area contributed by atoms with Gasteiger partial charge in [0.05, 0.1) is 11.4 Å². The van der Waals surface area contributed by atoms with Crippen LogP contribution in [0.15, 0.2) is 42.5 Å². The molecule has 0 aliphatic carbocycles. The smallest absolute Gasteiger partial charge is 0.359 e. The van der Waals surface area contributed by atoms with Gasteiger partial charge in [-0.25, -0.2) is 4.79 Å². The minimum absolute atomic E-state index is 0.0959. The second kappa shape index (κ2) is 6.11. The van der Waals surface area contributed by atoms with Crippen molar-refractivity contribution in [1.82, 2.24) is 10.2 Å². The van der Waals surface area contributed by atoms with Gasteiger partial charge in [-0.3, -0.25) is 14.7 Å². The van der Waals surface area contributed by atoms with Crippen LogP contribution in [0.2, 0.25) is 0 Å². The highest BCUT2D eigenvalue weighted by molar-refractivity contribution is 6.06. The maximum Gasteiger partial charge on any atom is 0.359 e. The van der Waals surface area contributed by atoms with Crippen LogP contribution in [0.1, 0.15) is 39.3 Å². The third-order valence-electron chi connectivity index (χ3n) is 4.49. The fraction of sp³-hybridized carbons (Fsp3) is 0.158. The predicted molar refractivity (Wildman–Crippen MR) is 94.2 cm³/mol. The highest BCUT2D eigenvalue weighted by Crippen LogP contribution is 2.32. The van der Waals surface area contributed by atoms with Crippen molar-refractivity contribution in [2.45, 2.75) is 12.8 Å². The second-order valence-electron chi connectivity index (χ2n) is 6.13. The number of amides is 1.